The van der Waals surface area contributed by atoms with Crippen LogP contribution in [0.25, 0.3) is 0 Å². The molecule has 0 spiro atoms. The van der Waals surface area contributed by atoms with Crippen molar-refractivity contribution in [3.8, 4) is 5.75 Å². The number of hydrogen-bond donors (Lipinski definition) is 0. The van der Waals surface area contributed by atoms with Crippen LogP contribution < -0.4 is 26.0 Å². The second kappa shape index (κ2) is 17.3. The molecule has 7 heteroatoms. The van der Waals surface area contributed by atoms with Gasteiger partial charge < -0.3 is 18.7 Å². The van der Waals surface area contributed by atoms with Crippen molar-refractivity contribution in [2.24, 2.45) is 0 Å². The molecule has 0 radical (unpaired) electrons. The lowest BCUT2D eigenvalue weighted by atomic mass is 10.0. The maximum absolute atomic E-state index is 7.32. The van der Waals surface area contributed by atoms with Crippen molar-refractivity contribution in [3.63, 3.8) is 0 Å². The molecular formula is C38H41NO4P2. The molecular weight excluding hydrogens is 596 g/mol. The van der Waals surface area contributed by atoms with Crippen LogP contribution >= 0.6 is 16.2 Å². The highest BCUT2D eigenvalue weighted by Crippen LogP contribution is 2.48. The highest BCUT2D eigenvalue weighted by molar-refractivity contribution is 7.71. The molecule has 45 heavy (non-hydrogen) atoms. The lowest BCUT2D eigenvalue weighted by Crippen LogP contribution is -2.37. The first-order valence-corrected chi connectivity index (χ1v) is 17.7. The first-order chi connectivity index (χ1) is 22.2. The minimum Gasteiger partial charge on any atom is -0.490 e. The number of para-hydroxylation sites is 1. The topological polar surface area (TPSA) is 40.2 Å². The van der Waals surface area contributed by atoms with Crippen molar-refractivity contribution in [2.75, 3.05) is 34.2 Å². The molecule has 5 rings (SSSR count). The second-order valence-electron chi connectivity index (χ2n) is 10.5. The Bertz CT molecular complexity index is 1500. The summed E-state index contributed by atoms with van der Waals surface area (Å²) in [6, 6.07) is 50.9. The molecule has 0 aliphatic carbocycles. The van der Waals surface area contributed by atoms with Crippen molar-refractivity contribution in [2.45, 2.75) is 19.1 Å². The quantitative estimate of drug-likeness (QED) is 0.0653. The Morgan fingerprint density at radius 1 is 0.622 bits per heavy atom. The molecule has 0 bridgehead atoms. The lowest BCUT2D eigenvalue weighted by molar-refractivity contribution is -0.0386. The van der Waals surface area contributed by atoms with Gasteiger partial charge in [0, 0.05) is 37.1 Å². The average Bonchev–Trinajstić information content (AvgIpc) is 3.10. The molecule has 0 saturated carbocycles. The molecule has 0 aliphatic rings. The average molecular weight is 638 g/mol. The molecule has 0 unspecified atom stereocenters. The first-order valence-electron chi connectivity index (χ1n) is 15.2. The van der Waals surface area contributed by atoms with E-state index in [4.69, 9.17) is 18.7 Å². The zero-order chi connectivity index (χ0) is 31.3. The Morgan fingerprint density at radius 3 is 1.71 bits per heavy atom. The van der Waals surface area contributed by atoms with E-state index in [1.165, 1.54) is 15.9 Å². The van der Waals surface area contributed by atoms with Gasteiger partial charge in [0.1, 0.15) is 25.3 Å². The Labute approximate surface area is 270 Å². The number of ether oxygens (including phenoxy) is 3. The van der Waals surface area contributed by atoms with E-state index in [1.54, 1.807) is 7.11 Å². The summed E-state index contributed by atoms with van der Waals surface area (Å²) in [5, 5.41) is 4.78. The zero-order valence-corrected chi connectivity index (χ0v) is 27.9. The van der Waals surface area contributed by atoms with Gasteiger partial charge in [-0.15, -0.1) is 0 Å². The minimum atomic E-state index is -1.09. The van der Waals surface area contributed by atoms with Crippen LogP contribution in [0.15, 0.2) is 146 Å². The van der Waals surface area contributed by atoms with E-state index < -0.39 is 16.2 Å². The number of likely N-dealkylation sites (N-methyl/N-ethyl adjacent to an activating group) is 1. The Hall–Kier alpha value is -3.40. The van der Waals surface area contributed by atoms with Crippen LogP contribution in [0.3, 0.4) is 0 Å². The van der Waals surface area contributed by atoms with Gasteiger partial charge >= 0.3 is 0 Å². The predicted molar refractivity (Wildman–Crippen MR) is 189 cm³/mol. The van der Waals surface area contributed by atoms with Gasteiger partial charge in [-0.3, -0.25) is 4.67 Å². The van der Waals surface area contributed by atoms with E-state index in [0.29, 0.717) is 13.2 Å². The van der Waals surface area contributed by atoms with E-state index in [-0.39, 0.29) is 18.9 Å². The molecule has 0 fully saturated rings. The van der Waals surface area contributed by atoms with Crippen LogP contribution in [0.2, 0.25) is 0 Å². The van der Waals surface area contributed by atoms with Gasteiger partial charge in [0.2, 0.25) is 0 Å². The molecule has 5 aromatic carbocycles. The minimum absolute atomic E-state index is 0.00855. The number of rotatable bonds is 16. The number of hydrogen-bond acceptors (Lipinski definition) is 5. The standard InChI is InChI=1S/C38H41NO4P2/c1-31(38(32-18-8-4-9-19-32)43-45(34-22-12-6-13-23-34)35-24-14-7-15-25-35)39(2)44(33-20-10-5-11-21-33)37-27-17-16-26-36(37)42-29-28-41-30-40-3/h4-27,31,38H,28-30H2,1-3H3/t31-,38+,44-/m0/s1. The number of nitrogens with zero attached hydrogens (tertiary/aromatic N) is 1. The van der Waals surface area contributed by atoms with Gasteiger partial charge in [-0.2, -0.15) is 0 Å². The SMILES string of the molecule is COCOCCOc1ccccc1[P@](c1ccccc1)N(C)[C@@H](C)[C@@H](OP(c1ccccc1)c1ccccc1)c1ccccc1. The maximum atomic E-state index is 7.32. The summed E-state index contributed by atoms with van der Waals surface area (Å²) in [4.78, 5) is 0. The Balaban J connectivity index is 1.52. The van der Waals surface area contributed by atoms with Crippen LogP contribution in [-0.4, -0.2) is 44.9 Å². The summed E-state index contributed by atoms with van der Waals surface area (Å²) in [6.45, 7) is 3.41. The molecule has 0 amide bonds. The summed E-state index contributed by atoms with van der Waals surface area (Å²) in [5.74, 6) is 0.862. The fourth-order valence-electron chi connectivity index (χ4n) is 5.13. The van der Waals surface area contributed by atoms with Gasteiger partial charge in [-0.25, -0.2) is 0 Å². The second-order valence-corrected chi connectivity index (χ2v) is 14.6. The third kappa shape index (κ3) is 8.87. The zero-order valence-electron chi connectivity index (χ0n) is 26.1. The normalized spacial score (nSPS) is 13.4. The van der Waals surface area contributed by atoms with Gasteiger partial charge in [-0.05, 0) is 37.0 Å². The molecule has 0 aliphatic heterocycles. The lowest BCUT2D eigenvalue weighted by Gasteiger charge is -2.39. The third-order valence-electron chi connectivity index (χ3n) is 7.45. The van der Waals surface area contributed by atoms with Gasteiger partial charge in [0.15, 0.2) is 0 Å². The third-order valence-corrected chi connectivity index (χ3v) is 12.0. The largest absolute Gasteiger partial charge is 0.490 e. The summed E-state index contributed by atoms with van der Waals surface area (Å²) in [6.07, 6.45) is -0.202. The molecule has 3 atom stereocenters. The van der Waals surface area contributed by atoms with Crippen LogP contribution in [0.1, 0.15) is 18.6 Å². The Morgan fingerprint density at radius 2 is 1.13 bits per heavy atom. The first kappa shape index (κ1) is 33.0. The highest BCUT2D eigenvalue weighted by atomic mass is 31.1. The molecule has 0 N–H and O–H groups in total. The fourth-order valence-corrected chi connectivity index (χ4v) is 9.58. The molecule has 5 aromatic rings. The van der Waals surface area contributed by atoms with E-state index in [0.717, 1.165) is 16.6 Å². The van der Waals surface area contributed by atoms with Gasteiger partial charge in [0.05, 0.1) is 14.8 Å². The molecule has 0 saturated heterocycles. The van der Waals surface area contributed by atoms with Gasteiger partial charge in [-0.1, -0.05) is 133 Å². The fraction of sp³-hybridized carbons (Fsp3) is 0.211. The smallest absolute Gasteiger partial charge is 0.146 e. The van der Waals surface area contributed by atoms with Crippen LogP contribution in [-0.2, 0) is 14.0 Å². The summed E-state index contributed by atoms with van der Waals surface area (Å²) < 4.78 is 26.6. The molecule has 0 aromatic heterocycles. The van der Waals surface area contributed by atoms with Crippen molar-refractivity contribution in [1.82, 2.24) is 4.67 Å². The predicted octanol–water partition coefficient (Wildman–Crippen LogP) is 7.16. The maximum Gasteiger partial charge on any atom is 0.146 e. The van der Waals surface area contributed by atoms with Crippen LogP contribution in [0, 0.1) is 0 Å². The van der Waals surface area contributed by atoms with Crippen LogP contribution in [0.5, 0.6) is 5.75 Å². The summed E-state index contributed by atoms with van der Waals surface area (Å²) in [7, 11) is 1.76. The Kier molecular flexibility index (Phi) is 12.7. The van der Waals surface area contributed by atoms with Gasteiger partial charge in [0.25, 0.3) is 0 Å². The van der Waals surface area contributed by atoms with Crippen LogP contribution in [0.4, 0.5) is 0 Å². The highest BCUT2D eigenvalue weighted by Gasteiger charge is 2.34. The van der Waals surface area contributed by atoms with E-state index >= 15 is 0 Å². The molecule has 232 valence electrons. The van der Waals surface area contributed by atoms with E-state index in [2.05, 4.69) is 158 Å². The monoisotopic (exact) mass is 637 g/mol. The molecule has 5 nitrogen and oxygen atoms in total. The van der Waals surface area contributed by atoms with Crippen molar-refractivity contribution < 1.29 is 18.7 Å². The van der Waals surface area contributed by atoms with Crippen molar-refractivity contribution in [1.29, 1.82) is 0 Å². The number of benzene rings is 5. The van der Waals surface area contributed by atoms with E-state index in [1.807, 2.05) is 6.07 Å². The summed E-state index contributed by atoms with van der Waals surface area (Å²) >= 11 is 0. The summed E-state index contributed by atoms with van der Waals surface area (Å²) in [5.41, 5.74) is 1.15. The van der Waals surface area contributed by atoms with E-state index in [9.17, 15) is 0 Å². The molecule has 0 heterocycles. The van der Waals surface area contributed by atoms with Crippen molar-refractivity contribution in [3.05, 3.63) is 151 Å². The number of methoxy groups -OCH3 is 1. The van der Waals surface area contributed by atoms with Crippen molar-refractivity contribution >= 4 is 37.4 Å².